The summed E-state index contributed by atoms with van der Waals surface area (Å²) in [7, 11) is 1.75. The van der Waals surface area contributed by atoms with Crippen LogP contribution in [0.25, 0.3) is 11.4 Å². The van der Waals surface area contributed by atoms with Gasteiger partial charge in [0.05, 0.1) is 18.2 Å². The first kappa shape index (κ1) is 12.0. The van der Waals surface area contributed by atoms with Crippen LogP contribution >= 0.6 is 0 Å². The van der Waals surface area contributed by atoms with Crippen molar-refractivity contribution in [3.63, 3.8) is 0 Å². The van der Waals surface area contributed by atoms with Gasteiger partial charge >= 0.3 is 5.97 Å². The normalized spacial score (nSPS) is 10.8. The molecule has 0 spiro atoms. The highest BCUT2D eigenvalue weighted by Crippen LogP contribution is 2.22. The number of imidazole rings is 1. The molecule has 0 fully saturated rings. The minimum Gasteiger partial charge on any atom is -0.476 e. The van der Waals surface area contributed by atoms with Gasteiger partial charge in [-0.05, 0) is 0 Å². The second-order valence-electron chi connectivity index (χ2n) is 3.97. The molecule has 102 valence electrons. The molecule has 0 aliphatic heterocycles. The van der Waals surface area contributed by atoms with Crippen molar-refractivity contribution >= 4 is 5.97 Å². The number of carboxylic acid groups (broad SMARTS) is 1. The molecule has 0 aromatic carbocycles. The summed E-state index contributed by atoms with van der Waals surface area (Å²) in [5.74, 6) is -0.867. The van der Waals surface area contributed by atoms with Gasteiger partial charge in [-0.25, -0.2) is 14.5 Å². The average molecular weight is 275 g/mol. The van der Waals surface area contributed by atoms with Gasteiger partial charge in [-0.1, -0.05) is 10.4 Å². The van der Waals surface area contributed by atoms with Gasteiger partial charge in [0.1, 0.15) is 12.2 Å². The van der Waals surface area contributed by atoms with E-state index in [1.54, 1.807) is 17.9 Å². The van der Waals surface area contributed by atoms with E-state index >= 15 is 0 Å². The van der Waals surface area contributed by atoms with E-state index in [9.17, 15) is 9.90 Å². The molecule has 0 atom stereocenters. The molecule has 0 saturated carbocycles. The van der Waals surface area contributed by atoms with Gasteiger partial charge in [-0.3, -0.25) is 0 Å². The third-order valence-corrected chi connectivity index (χ3v) is 2.69. The molecule has 3 aromatic rings. The summed E-state index contributed by atoms with van der Waals surface area (Å²) in [6, 6.07) is 0. The van der Waals surface area contributed by atoms with Crippen LogP contribution in [0, 0.1) is 0 Å². The Morgan fingerprint density at radius 1 is 1.50 bits per heavy atom. The first-order chi connectivity index (χ1) is 9.66. The summed E-state index contributed by atoms with van der Waals surface area (Å²) in [5, 5.41) is 20.2. The van der Waals surface area contributed by atoms with E-state index in [1.165, 1.54) is 17.2 Å². The van der Waals surface area contributed by atoms with Gasteiger partial charge in [0, 0.05) is 7.05 Å². The molecule has 0 unspecified atom stereocenters. The minimum absolute atomic E-state index is 0.126. The smallest absolute Gasteiger partial charge is 0.358 e. The number of aromatic nitrogens is 7. The summed E-state index contributed by atoms with van der Waals surface area (Å²) in [4.78, 5) is 19.1. The third-order valence-electron chi connectivity index (χ3n) is 2.69. The first-order valence-corrected chi connectivity index (χ1v) is 5.56. The van der Waals surface area contributed by atoms with Crippen LogP contribution in [0.4, 0.5) is 0 Å². The molecule has 10 nitrogen and oxygen atoms in total. The number of hydrogen-bond donors (Lipinski definition) is 1. The second-order valence-corrected chi connectivity index (χ2v) is 3.97. The van der Waals surface area contributed by atoms with Crippen LogP contribution in [0.15, 0.2) is 23.4 Å². The number of nitrogens with zero attached hydrogens (tertiary/aromatic N) is 7. The molecule has 3 aromatic heterocycles. The monoisotopic (exact) mass is 275 g/mol. The average Bonchev–Trinajstić information content (AvgIpc) is 3.10. The lowest BCUT2D eigenvalue weighted by Gasteiger charge is -2.05. The fourth-order valence-corrected chi connectivity index (χ4v) is 1.80. The SMILES string of the molecule is Cn1cncc1-c1c(C(=O)O)nnn1Cc1ncno1. The maximum Gasteiger partial charge on any atom is 0.358 e. The first-order valence-electron chi connectivity index (χ1n) is 5.56. The van der Waals surface area contributed by atoms with Crippen LogP contribution in [0.3, 0.4) is 0 Å². The molecular formula is C10H9N7O3. The van der Waals surface area contributed by atoms with Crippen molar-refractivity contribution in [3.05, 3.63) is 30.4 Å². The Morgan fingerprint density at radius 3 is 2.95 bits per heavy atom. The zero-order valence-corrected chi connectivity index (χ0v) is 10.3. The predicted molar refractivity (Wildman–Crippen MR) is 62.6 cm³/mol. The minimum atomic E-state index is -1.17. The quantitative estimate of drug-likeness (QED) is 0.694. The summed E-state index contributed by atoms with van der Waals surface area (Å²) < 4.78 is 7.95. The Hall–Kier alpha value is -3.04. The number of carbonyl (C=O) groups is 1. The van der Waals surface area contributed by atoms with Gasteiger partial charge in [0.2, 0.25) is 5.89 Å². The highest BCUT2D eigenvalue weighted by Gasteiger charge is 2.23. The number of aryl methyl sites for hydroxylation is 1. The molecule has 3 heterocycles. The number of aromatic carboxylic acids is 1. The summed E-state index contributed by atoms with van der Waals surface area (Å²) in [6.07, 6.45) is 4.36. The molecular weight excluding hydrogens is 266 g/mol. The van der Waals surface area contributed by atoms with Crippen LogP contribution in [0.2, 0.25) is 0 Å². The fourth-order valence-electron chi connectivity index (χ4n) is 1.80. The Balaban J connectivity index is 2.11. The van der Waals surface area contributed by atoms with Gasteiger partial charge in [0.25, 0.3) is 0 Å². The van der Waals surface area contributed by atoms with Crippen LogP contribution < -0.4 is 0 Å². The molecule has 20 heavy (non-hydrogen) atoms. The topological polar surface area (TPSA) is 125 Å². The Bertz CT molecular complexity index is 743. The zero-order valence-electron chi connectivity index (χ0n) is 10.3. The maximum atomic E-state index is 11.2. The summed E-state index contributed by atoms with van der Waals surface area (Å²) in [5.41, 5.74) is 0.746. The van der Waals surface area contributed by atoms with Crippen molar-refractivity contribution < 1.29 is 14.4 Å². The largest absolute Gasteiger partial charge is 0.476 e. The molecule has 10 heteroatoms. The van der Waals surface area contributed by atoms with Crippen molar-refractivity contribution in [3.8, 4) is 11.4 Å². The van der Waals surface area contributed by atoms with Gasteiger partial charge < -0.3 is 14.2 Å². The Kier molecular flexibility index (Phi) is 2.75. The van der Waals surface area contributed by atoms with Gasteiger partial charge in [0.15, 0.2) is 12.0 Å². The molecule has 0 amide bonds. The predicted octanol–water partition coefficient (Wildman–Crippen LogP) is -0.192. The molecule has 0 aliphatic rings. The number of carboxylic acids is 1. The van der Waals surface area contributed by atoms with Crippen molar-refractivity contribution in [1.82, 2.24) is 34.7 Å². The number of rotatable bonds is 4. The summed E-state index contributed by atoms with van der Waals surface area (Å²) in [6.45, 7) is 0.126. The van der Waals surface area contributed by atoms with E-state index < -0.39 is 5.97 Å². The maximum absolute atomic E-state index is 11.2. The van der Waals surface area contributed by atoms with E-state index in [2.05, 4.69) is 25.4 Å². The lowest BCUT2D eigenvalue weighted by molar-refractivity contribution is 0.0691. The molecule has 1 N–H and O–H groups in total. The van der Waals surface area contributed by atoms with Crippen molar-refractivity contribution in [1.29, 1.82) is 0 Å². The van der Waals surface area contributed by atoms with E-state index in [4.69, 9.17) is 4.52 Å². The fraction of sp³-hybridized carbons (Fsp3) is 0.200. The molecule has 0 radical (unpaired) electrons. The van der Waals surface area contributed by atoms with Crippen molar-refractivity contribution in [2.45, 2.75) is 6.54 Å². The standard InChI is InChI=1S/C10H9N7O3/c1-16-5-11-2-6(16)9-8(10(18)19)14-15-17(9)3-7-12-4-13-20-7/h2,4-5H,3H2,1H3,(H,18,19). The van der Waals surface area contributed by atoms with Crippen molar-refractivity contribution in [2.75, 3.05) is 0 Å². The van der Waals surface area contributed by atoms with Crippen LogP contribution in [-0.4, -0.2) is 45.8 Å². The number of hydrogen-bond acceptors (Lipinski definition) is 7. The lowest BCUT2D eigenvalue weighted by atomic mass is 10.2. The second kappa shape index (κ2) is 4.57. The van der Waals surface area contributed by atoms with E-state index in [-0.39, 0.29) is 12.2 Å². The van der Waals surface area contributed by atoms with E-state index in [1.807, 2.05) is 0 Å². The Labute approximate surface area is 111 Å². The van der Waals surface area contributed by atoms with E-state index in [0.717, 1.165) is 0 Å². The van der Waals surface area contributed by atoms with Gasteiger partial charge in [-0.15, -0.1) is 5.10 Å². The van der Waals surface area contributed by atoms with Crippen LogP contribution in [0.1, 0.15) is 16.4 Å². The van der Waals surface area contributed by atoms with Crippen LogP contribution in [-0.2, 0) is 13.6 Å². The molecule has 0 bridgehead atoms. The lowest BCUT2D eigenvalue weighted by Crippen LogP contribution is -2.08. The Morgan fingerprint density at radius 2 is 2.35 bits per heavy atom. The van der Waals surface area contributed by atoms with Gasteiger partial charge in [-0.2, -0.15) is 4.98 Å². The highest BCUT2D eigenvalue weighted by atomic mass is 16.5. The molecule has 0 saturated heterocycles. The zero-order chi connectivity index (χ0) is 14.1. The van der Waals surface area contributed by atoms with Crippen LogP contribution in [0.5, 0.6) is 0 Å². The highest BCUT2D eigenvalue weighted by molar-refractivity contribution is 5.92. The summed E-state index contributed by atoms with van der Waals surface area (Å²) >= 11 is 0. The van der Waals surface area contributed by atoms with E-state index in [0.29, 0.717) is 17.3 Å². The van der Waals surface area contributed by atoms with Crippen molar-refractivity contribution in [2.24, 2.45) is 7.05 Å². The molecule has 0 aliphatic carbocycles. The molecule has 3 rings (SSSR count). The third kappa shape index (κ3) is 1.92.